The van der Waals surface area contributed by atoms with Crippen molar-refractivity contribution in [3.05, 3.63) is 35.9 Å². The fraction of sp³-hybridized carbons (Fsp3) is 0.667. The van der Waals surface area contributed by atoms with E-state index in [4.69, 9.17) is 28.7 Å². The van der Waals surface area contributed by atoms with Crippen molar-refractivity contribution >= 4 is 11.9 Å². The normalized spacial score (nSPS) is 39.7. The maximum Gasteiger partial charge on any atom is 0.308 e. The van der Waals surface area contributed by atoms with Gasteiger partial charge in [-0.3, -0.25) is 9.59 Å². The average molecular weight is 500 g/mol. The number of benzene rings is 1. The maximum atomic E-state index is 12.7. The third kappa shape index (κ3) is 4.41. The van der Waals surface area contributed by atoms with Crippen molar-refractivity contribution < 1.29 is 38.3 Å². The molecule has 9 nitrogen and oxygen atoms in total. The third-order valence-electron chi connectivity index (χ3n) is 8.35. The summed E-state index contributed by atoms with van der Waals surface area (Å²) in [6, 6.07) is 10.7. The summed E-state index contributed by atoms with van der Waals surface area (Å²) in [6.07, 6.45) is 0.594. The Labute approximate surface area is 210 Å². The van der Waals surface area contributed by atoms with E-state index in [2.05, 4.69) is 6.92 Å². The van der Waals surface area contributed by atoms with Crippen molar-refractivity contribution in [1.82, 2.24) is 0 Å². The number of nitrogens with zero attached hydrogens (tertiary/aromatic N) is 1. The van der Waals surface area contributed by atoms with Crippen molar-refractivity contribution in [3.63, 3.8) is 0 Å². The second kappa shape index (κ2) is 9.75. The molecule has 0 amide bonds. The van der Waals surface area contributed by atoms with Gasteiger partial charge in [0.15, 0.2) is 11.9 Å². The Hall–Kier alpha value is -2.51. The molecule has 36 heavy (non-hydrogen) atoms. The fourth-order valence-electron chi connectivity index (χ4n) is 6.39. The van der Waals surface area contributed by atoms with Crippen molar-refractivity contribution in [1.29, 1.82) is 5.26 Å². The highest BCUT2D eigenvalue weighted by Gasteiger charge is 2.69. The van der Waals surface area contributed by atoms with Crippen LogP contribution in [0.5, 0.6) is 0 Å². The van der Waals surface area contributed by atoms with Gasteiger partial charge in [-0.05, 0) is 38.0 Å². The van der Waals surface area contributed by atoms with Gasteiger partial charge in [0, 0.05) is 23.8 Å². The molecule has 4 heterocycles. The van der Waals surface area contributed by atoms with Gasteiger partial charge in [0.1, 0.15) is 6.07 Å². The van der Waals surface area contributed by atoms with Gasteiger partial charge in [0.2, 0.25) is 18.2 Å². The van der Waals surface area contributed by atoms with Crippen molar-refractivity contribution in [2.24, 2.45) is 23.7 Å². The topological polar surface area (TPSA) is 113 Å². The molecule has 1 aromatic rings. The summed E-state index contributed by atoms with van der Waals surface area (Å²) >= 11 is 0. The van der Waals surface area contributed by atoms with Crippen LogP contribution in [-0.2, 0) is 38.3 Å². The molecule has 4 saturated heterocycles. The molecule has 2 bridgehead atoms. The molecule has 1 aromatic carbocycles. The summed E-state index contributed by atoms with van der Waals surface area (Å²) in [4.78, 5) is 36.9. The van der Waals surface area contributed by atoms with Crippen molar-refractivity contribution in [2.75, 3.05) is 0 Å². The second-order valence-electron chi connectivity index (χ2n) is 10.7. The van der Waals surface area contributed by atoms with Crippen LogP contribution >= 0.6 is 0 Å². The van der Waals surface area contributed by atoms with E-state index in [1.165, 1.54) is 0 Å². The zero-order valence-electron chi connectivity index (χ0n) is 20.9. The molecule has 0 radical (unpaired) electrons. The Morgan fingerprint density at radius 3 is 2.58 bits per heavy atom. The van der Waals surface area contributed by atoms with Crippen LogP contribution in [0.3, 0.4) is 0 Å². The predicted molar refractivity (Wildman–Crippen MR) is 123 cm³/mol. The summed E-state index contributed by atoms with van der Waals surface area (Å²) in [6.45, 7) is 6.07. The minimum absolute atomic E-state index is 0.0325. The molecule has 0 N–H and O–H groups in total. The van der Waals surface area contributed by atoms with Gasteiger partial charge in [0.05, 0.1) is 12.8 Å². The van der Waals surface area contributed by atoms with Crippen LogP contribution in [0.25, 0.3) is 0 Å². The first-order valence-electron chi connectivity index (χ1n) is 12.8. The molecular formula is C27H33NO8. The van der Waals surface area contributed by atoms with Crippen molar-refractivity contribution in [3.8, 4) is 6.07 Å². The van der Waals surface area contributed by atoms with Crippen LogP contribution < -0.4 is 0 Å². The largest absolute Gasteiger partial charge is 0.442 e. The number of nitriles is 1. The lowest BCUT2D eigenvalue weighted by Gasteiger charge is -2.59. The van der Waals surface area contributed by atoms with Crippen molar-refractivity contribution in [2.45, 2.75) is 89.4 Å². The molecule has 6 rings (SSSR count). The van der Waals surface area contributed by atoms with Crippen LogP contribution in [0.15, 0.2) is 30.3 Å². The Kier molecular flexibility index (Phi) is 6.81. The van der Waals surface area contributed by atoms with E-state index in [1.807, 2.05) is 26.0 Å². The average Bonchev–Trinajstić information content (AvgIpc) is 3.10. The molecule has 1 aliphatic carbocycles. The number of ether oxygens (including phenoxy) is 4. The summed E-state index contributed by atoms with van der Waals surface area (Å²) in [5, 5.41) is 9.35. The first-order valence-corrected chi connectivity index (χ1v) is 12.8. The Morgan fingerprint density at radius 1 is 1.08 bits per heavy atom. The highest BCUT2D eigenvalue weighted by molar-refractivity contribution is 5.78. The van der Waals surface area contributed by atoms with E-state index >= 15 is 0 Å². The number of carbonyl (C=O) groups is 2. The van der Waals surface area contributed by atoms with Crippen LogP contribution in [0.2, 0.25) is 0 Å². The quantitative estimate of drug-likeness (QED) is 0.417. The molecule has 9 heteroatoms. The lowest BCUT2D eigenvalue weighted by molar-refractivity contribution is -0.576. The number of hydrogen-bond acceptors (Lipinski definition) is 9. The Balaban J connectivity index is 1.21. The molecular weight excluding hydrogens is 466 g/mol. The summed E-state index contributed by atoms with van der Waals surface area (Å²) in [5.41, 5.74) is -0.157. The molecule has 194 valence electrons. The third-order valence-corrected chi connectivity index (χ3v) is 8.35. The van der Waals surface area contributed by atoms with E-state index in [0.717, 1.165) is 19.3 Å². The SMILES string of the molecule is C[C@@H]1CCC2[C@@H](C)[C@H](OC(=O)CCC(=O)OC(C#N)c3ccccc3)O[C@@H]3O[C@]4(C)CCC1[C@@]23OO4. The lowest BCUT2D eigenvalue weighted by atomic mass is 9.58. The molecule has 5 fully saturated rings. The molecule has 0 aromatic heterocycles. The monoisotopic (exact) mass is 499 g/mol. The van der Waals surface area contributed by atoms with Gasteiger partial charge in [-0.1, -0.05) is 44.2 Å². The van der Waals surface area contributed by atoms with Gasteiger partial charge in [-0.15, -0.1) is 0 Å². The van der Waals surface area contributed by atoms with Crippen LogP contribution in [-0.4, -0.2) is 35.9 Å². The number of esters is 2. The predicted octanol–water partition coefficient (Wildman–Crippen LogP) is 4.33. The molecule has 4 aliphatic heterocycles. The first-order chi connectivity index (χ1) is 17.3. The van der Waals surface area contributed by atoms with E-state index in [1.54, 1.807) is 24.3 Å². The number of fused-ring (bicyclic) bond motifs is 2. The van der Waals surface area contributed by atoms with Gasteiger partial charge in [-0.2, -0.15) is 5.26 Å². The van der Waals surface area contributed by atoms with E-state index in [9.17, 15) is 14.9 Å². The Morgan fingerprint density at radius 2 is 1.83 bits per heavy atom. The molecule has 5 aliphatic rings. The maximum absolute atomic E-state index is 12.7. The van der Waals surface area contributed by atoms with E-state index < -0.39 is 42.0 Å². The van der Waals surface area contributed by atoms with E-state index in [-0.39, 0.29) is 30.6 Å². The summed E-state index contributed by atoms with van der Waals surface area (Å²) < 4.78 is 23.5. The number of hydrogen-bond donors (Lipinski definition) is 0. The number of rotatable bonds is 6. The van der Waals surface area contributed by atoms with Gasteiger partial charge >= 0.3 is 11.9 Å². The lowest BCUT2D eigenvalue weighted by Crippen LogP contribution is -2.70. The molecule has 9 atom stereocenters. The second-order valence-corrected chi connectivity index (χ2v) is 10.7. The highest BCUT2D eigenvalue weighted by Crippen LogP contribution is 2.60. The van der Waals surface area contributed by atoms with E-state index in [0.29, 0.717) is 17.9 Å². The van der Waals surface area contributed by atoms with Gasteiger partial charge < -0.3 is 18.9 Å². The van der Waals surface area contributed by atoms with Gasteiger partial charge in [0.25, 0.3) is 0 Å². The number of carbonyl (C=O) groups excluding carboxylic acids is 2. The highest BCUT2D eigenvalue weighted by atomic mass is 17.3. The molecule has 1 spiro atoms. The minimum Gasteiger partial charge on any atom is -0.442 e. The molecule has 1 saturated carbocycles. The van der Waals surface area contributed by atoms with Gasteiger partial charge in [-0.25, -0.2) is 9.78 Å². The Bertz CT molecular complexity index is 1030. The summed E-state index contributed by atoms with van der Waals surface area (Å²) in [5.74, 6) is -1.59. The molecule has 3 unspecified atom stereocenters. The zero-order chi connectivity index (χ0) is 25.5. The minimum atomic E-state index is -1.03. The first kappa shape index (κ1) is 25.2. The smallest absolute Gasteiger partial charge is 0.308 e. The van der Waals surface area contributed by atoms with Crippen LogP contribution in [0, 0.1) is 35.0 Å². The zero-order valence-corrected chi connectivity index (χ0v) is 20.9. The fourth-order valence-corrected chi connectivity index (χ4v) is 6.39. The van der Waals surface area contributed by atoms with Crippen LogP contribution in [0.4, 0.5) is 0 Å². The van der Waals surface area contributed by atoms with Crippen LogP contribution in [0.1, 0.15) is 71.0 Å². The standard InChI is InChI=1S/C27H33NO8/c1-16-9-10-20-17(2)24(33-25-27(20)19(16)13-14-26(3,34-25)35-36-27)32-23(30)12-11-22(29)31-21(15-28)18-7-5-4-6-8-18/h4-8,16-17,19-21,24-25H,9-14H2,1-3H3/t16-,17-,19?,20?,21?,24-,25-,26+,27-/m1/s1. The summed E-state index contributed by atoms with van der Waals surface area (Å²) in [7, 11) is 0.